The number of hydrogen-bond acceptors (Lipinski definition) is 4. The number of fused-ring (bicyclic) bond motifs is 3. The number of furan rings is 1. The molecule has 3 heterocycles. The van der Waals surface area contributed by atoms with Gasteiger partial charge in [0.15, 0.2) is 11.6 Å². The molecule has 154 valence electrons. The van der Waals surface area contributed by atoms with Gasteiger partial charge >= 0.3 is 0 Å². The predicted molar refractivity (Wildman–Crippen MR) is 123 cm³/mol. The quantitative estimate of drug-likeness (QED) is 0.378. The Morgan fingerprint density at radius 2 is 1.93 bits per heavy atom. The van der Waals surface area contributed by atoms with E-state index in [1.54, 1.807) is 11.3 Å². The molecular formula is C24H23ClN2O2S. The van der Waals surface area contributed by atoms with Crippen molar-refractivity contribution in [1.82, 2.24) is 9.97 Å². The third kappa shape index (κ3) is 3.30. The fourth-order valence-electron chi connectivity index (χ4n) is 4.31. The smallest absolute Gasteiger partial charge is 0.260 e. The van der Waals surface area contributed by atoms with E-state index in [0.717, 1.165) is 35.0 Å². The molecule has 3 aromatic heterocycles. The van der Waals surface area contributed by atoms with Gasteiger partial charge in [0.1, 0.15) is 10.6 Å². The van der Waals surface area contributed by atoms with Gasteiger partial charge in [-0.05, 0) is 60.4 Å². The number of aromatic amines is 1. The Labute approximate surface area is 183 Å². The molecule has 4 nitrogen and oxygen atoms in total. The Morgan fingerprint density at radius 3 is 2.70 bits per heavy atom. The molecule has 1 aliphatic carbocycles. The van der Waals surface area contributed by atoms with Gasteiger partial charge in [-0.15, -0.1) is 11.3 Å². The Hall–Kier alpha value is -2.37. The van der Waals surface area contributed by atoms with Gasteiger partial charge in [0.05, 0.1) is 10.4 Å². The van der Waals surface area contributed by atoms with Gasteiger partial charge in [0, 0.05) is 10.4 Å². The van der Waals surface area contributed by atoms with Crippen molar-refractivity contribution in [1.29, 1.82) is 0 Å². The minimum absolute atomic E-state index is 0.0857. The maximum absolute atomic E-state index is 13.0. The second-order valence-corrected chi connectivity index (χ2v) is 10.5. The van der Waals surface area contributed by atoms with Crippen molar-refractivity contribution >= 4 is 33.2 Å². The summed E-state index contributed by atoms with van der Waals surface area (Å²) < 4.78 is 5.99. The summed E-state index contributed by atoms with van der Waals surface area (Å²) in [4.78, 5) is 22.8. The summed E-state index contributed by atoms with van der Waals surface area (Å²) in [6, 6.07) is 11.2. The van der Waals surface area contributed by atoms with E-state index >= 15 is 0 Å². The molecule has 0 fully saturated rings. The highest BCUT2D eigenvalue weighted by Crippen LogP contribution is 2.42. The van der Waals surface area contributed by atoms with Gasteiger partial charge < -0.3 is 9.40 Å². The van der Waals surface area contributed by atoms with E-state index in [4.69, 9.17) is 21.0 Å². The minimum atomic E-state index is -0.0857. The van der Waals surface area contributed by atoms with Gasteiger partial charge in [-0.3, -0.25) is 4.79 Å². The van der Waals surface area contributed by atoms with Crippen LogP contribution in [0, 0.1) is 11.3 Å². The Balaban J connectivity index is 1.55. The topological polar surface area (TPSA) is 58.9 Å². The van der Waals surface area contributed by atoms with Crippen molar-refractivity contribution in [3.8, 4) is 22.9 Å². The molecule has 0 bridgehead atoms. The molecule has 0 aliphatic heterocycles. The zero-order chi connectivity index (χ0) is 21.0. The van der Waals surface area contributed by atoms with E-state index in [1.807, 2.05) is 36.4 Å². The maximum Gasteiger partial charge on any atom is 0.260 e. The number of aryl methyl sites for hydroxylation is 1. The molecule has 1 aromatic carbocycles. The first-order valence-corrected chi connectivity index (χ1v) is 11.4. The SMILES string of the molecule is CC(C)(C)[C@@H]1CCc2c(sc3nc(-c4ccc(-c5ccccc5Cl)o4)[nH]c(=O)c23)C1. The zero-order valence-corrected chi connectivity index (χ0v) is 18.8. The molecule has 0 unspecified atom stereocenters. The molecule has 0 radical (unpaired) electrons. The first kappa shape index (κ1) is 19.6. The standard InChI is InChI=1S/C24H23ClN2O2S/c1-24(2,3)13-8-9-15-19(12-13)30-23-20(15)22(28)26-21(27-23)18-11-10-17(29-18)14-6-4-5-7-16(14)25/h4-7,10-11,13H,8-9,12H2,1-3H3,(H,26,27,28)/t13-/m1/s1. The van der Waals surface area contributed by atoms with E-state index in [-0.39, 0.29) is 11.0 Å². The van der Waals surface area contributed by atoms with Gasteiger partial charge in [-0.1, -0.05) is 44.5 Å². The van der Waals surface area contributed by atoms with E-state index in [1.165, 1.54) is 10.4 Å². The molecule has 5 rings (SSSR count). The number of thiophene rings is 1. The van der Waals surface area contributed by atoms with E-state index in [9.17, 15) is 4.79 Å². The van der Waals surface area contributed by atoms with E-state index in [0.29, 0.717) is 28.3 Å². The fourth-order valence-corrected chi connectivity index (χ4v) is 5.84. The Bertz CT molecular complexity index is 1310. The summed E-state index contributed by atoms with van der Waals surface area (Å²) in [5.41, 5.74) is 2.18. The predicted octanol–water partition coefficient (Wildman–Crippen LogP) is 6.72. The van der Waals surface area contributed by atoms with Gasteiger partial charge in [0.2, 0.25) is 0 Å². The van der Waals surface area contributed by atoms with E-state index < -0.39 is 0 Å². The van der Waals surface area contributed by atoms with Crippen LogP contribution in [0.1, 0.15) is 37.6 Å². The molecule has 0 spiro atoms. The average molecular weight is 439 g/mol. The summed E-state index contributed by atoms with van der Waals surface area (Å²) in [5, 5.41) is 1.37. The highest BCUT2D eigenvalue weighted by Gasteiger charge is 2.31. The van der Waals surface area contributed by atoms with E-state index in [2.05, 4.69) is 25.8 Å². The van der Waals surface area contributed by atoms with Crippen LogP contribution in [0.15, 0.2) is 45.6 Å². The molecule has 6 heteroatoms. The zero-order valence-electron chi connectivity index (χ0n) is 17.2. The Kier molecular flexibility index (Phi) is 4.64. The van der Waals surface area contributed by atoms with Crippen molar-refractivity contribution < 1.29 is 4.42 Å². The number of nitrogens with zero attached hydrogens (tertiary/aromatic N) is 1. The van der Waals surface area contributed by atoms with Crippen molar-refractivity contribution in [3.63, 3.8) is 0 Å². The Morgan fingerprint density at radius 1 is 1.17 bits per heavy atom. The molecule has 0 saturated carbocycles. The lowest BCUT2D eigenvalue weighted by molar-refractivity contribution is 0.218. The van der Waals surface area contributed by atoms with Crippen LogP contribution in [-0.4, -0.2) is 9.97 Å². The highest BCUT2D eigenvalue weighted by atomic mass is 35.5. The fraction of sp³-hybridized carbons (Fsp3) is 0.333. The molecule has 0 amide bonds. The average Bonchev–Trinajstić information content (AvgIpc) is 3.31. The van der Waals surface area contributed by atoms with Crippen LogP contribution in [0.25, 0.3) is 33.1 Å². The number of aromatic nitrogens is 2. The molecule has 1 N–H and O–H groups in total. The maximum atomic E-state index is 13.0. The van der Waals surface area contributed by atoms with Crippen molar-refractivity contribution in [2.75, 3.05) is 0 Å². The number of hydrogen-bond donors (Lipinski definition) is 1. The van der Waals surface area contributed by atoms with Crippen molar-refractivity contribution in [2.24, 2.45) is 11.3 Å². The summed E-state index contributed by atoms with van der Waals surface area (Å²) in [6.07, 6.45) is 3.08. The summed E-state index contributed by atoms with van der Waals surface area (Å²) >= 11 is 7.94. The molecular weight excluding hydrogens is 416 g/mol. The highest BCUT2D eigenvalue weighted by molar-refractivity contribution is 7.18. The minimum Gasteiger partial charge on any atom is -0.453 e. The lowest BCUT2D eigenvalue weighted by atomic mass is 9.72. The first-order valence-electron chi connectivity index (χ1n) is 10.2. The number of rotatable bonds is 2. The number of H-pyrrole nitrogens is 1. The summed E-state index contributed by atoms with van der Waals surface area (Å²) in [6.45, 7) is 6.89. The molecule has 0 saturated heterocycles. The largest absolute Gasteiger partial charge is 0.453 e. The third-order valence-electron chi connectivity index (χ3n) is 6.12. The number of halogens is 1. The van der Waals surface area contributed by atoms with Crippen LogP contribution in [0.3, 0.4) is 0 Å². The number of benzene rings is 1. The van der Waals surface area contributed by atoms with Gasteiger partial charge in [-0.25, -0.2) is 4.98 Å². The van der Waals surface area contributed by atoms with Crippen LogP contribution in [-0.2, 0) is 12.8 Å². The molecule has 1 aliphatic rings. The van der Waals surface area contributed by atoms with Crippen LogP contribution in [0.5, 0.6) is 0 Å². The summed E-state index contributed by atoms with van der Waals surface area (Å²) in [5.74, 6) is 2.26. The van der Waals surface area contributed by atoms with Crippen LogP contribution in [0.4, 0.5) is 0 Å². The lowest BCUT2D eigenvalue weighted by Crippen LogP contribution is -2.26. The van der Waals surface area contributed by atoms with Gasteiger partial charge in [0.25, 0.3) is 5.56 Å². The monoisotopic (exact) mass is 438 g/mol. The molecule has 4 aromatic rings. The van der Waals surface area contributed by atoms with Crippen molar-refractivity contribution in [3.05, 3.63) is 62.2 Å². The summed E-state index contributed by atoms with van der Waals surface area (Å²) in [7, 11) is 0. The van der Waals surface area contributed by atoms with Crippen LogP contribution >= 0.6 is 22.9 Å². The second kappa shape index (κ2) is 7.10. The number of nitrogens with one attached hydrogen (secondary N) is 1. The third-order valence-corrected chi connectivity index (χ3v) is 7.60. The molecule has 30 heavy (non-hydrogen) atoms. The van der Waals surface area contributed by atoms with Gasteiger partial charge in [-0.2, -0.15) is 0 Å². The van der Waals surface area contributed by atoms with Crippen LogP contribution in [0.2, 0.25) is 5.02 Å². The first-order chi connectivity index (χ1) is 14.3. The normalized spacial score (nSPS) is 16.7. The molecule has 1 atom stereocenters. The second-order valence-electron chi connectivity index (χ2n) is 9.05. The lowest BCUT2D eigenvalue weighted by Gasteiger charge is -2.33. The van der Waals surface area contributed by atoms with Crippen LogP contribution < -0.4 is 5.56 Å². The van der Waals surface area contributed by atoms with Crippen molar-refractivity contribution in [2.45, 2.75) is 40.0 Å².